The quantitative estimate of drug-likeness (QED) is 0.657. The summed E-state index contributed by atoms with van der Waals surface area (Å²) in [6, 6.07) is 14.9. The molecule has 6 heteroatoms. The van der Waals surface area contributed by atoms with Crippen molar-refractivity contribution >= 4 is 34.6 Å². The largest absolute Gasteiger partial charge is 0.369 e. The van der Waals surface area contributed by atoms with Crippen molar-refractivity contribution < 1.29 is 0 Å². The van der Waals surface area contributed by atoms with Gasteiger partial charge in [0.15, 0.2) is 5.96 Å². The average Bonchev–Trinajstić information content (AvgIpc) is 3.21. The summed E-state index contributed by atoms with van der Waals surface area (Å²) in [5, 5.41) is 6.86. The maximum absolute atomic E-state index is 5.96. The molecule has 0 spiro atoms. The Kier molecular flexibility index (Phi) is 5.41. The first-order valence-electron chi connectivity index (χ1n) is 7.76. The number of para-hydroxylation sites is 1. The van der Waals surface area contributed by atoms with Crippen LogP contribution in [0.2, 0.25) is 4.34 Å². The van der Waals surface area contributed by atoms with E-state index in [0.717, 1.165) is 36.4 Å². The minimum Gasteiger partial charge on any atom is -0.369 e. The second-order valence-electron chi connectivity index (χ2n) is 5.54. The lowest BCUT2D eigenvalue weighted by Gasteiger charge is -2.20. The molecular weight excluding hydrogens is 328 g/mol. The molecule has 0 aliphatic carbocycles. The molecule has 122 valence electrons. The van der Waals surface area contributed by atoms with Gasteiger partial charge in [0, 0.05) is 36.7 Å². The molecule has 1 aliphatic rings. The number of thiophene rings is 1. The number of benzene rings is 1. The van der Waals surface area contributed by atoms with Crippen LogP contribution in [0.3, 0.4) is 0 Å². The summed E-state index contributed by atoms with van der Waals surface area (Å²) in [4.78, 5) is 7.93. The van der Waals surface area contributed by atoms with Crippen molar-refractivity contribution in [1.82, 2.24) is 10.6 Å². The molecule has 1 fully saturated rings. The Bertz CT molecular complexity index is 656. The number of guanidine groups is 1. The Labute approximate surface area is 146 Å². The predicted octanol–water partition coefficient (Wildman–Crippen LogP) is 3.35. The van der Waals surface area contributed by atoms with E-state index in [1.807, 2.05) is 12.1 Å². The highest BCUT2D eigenvalue weighted by Gasteiger charge is 2.23. The Morgan fingerprint density at radius 2 is 2.13 bits per heavy atom. The minimum atomic E-state index is 0.410. The number of nitrogens with one attached hydrogen (secondary N) is 2. The second kappa shape index (κ2) is 7.70. The van der Waals surface area contributed by atoms with Gasteiger partial charge in [0.05, 0.1) is 10.9 Å². The Morgan fingerprint density at radius 3 is 2.83 bits per heavy atom. The van der Waals surface area contributed by atoms with Crippen molar-refractivity contribution in [3.63, 3.8) is 0 Å². The van der Waals surface area contributed by atoms with Crippen LogP contribution in [-0.4, -0.2) is 32.1 Å². The van der Waals surface area contributed by atoms with Crippen LogP contribution in [0.4, 0.5) is 5.69 Å². The molecule has 4 nitrogen and oxygen atoms in total. The Hall–Kier alpha value is -1.72. The predicted molar refractivity (Wildman–Crippen MR) is 99.7 cm³/mol. The lowest BCUT2D eigenvalue weighted by molar-refractivity contribution is 0.649. The van der Waals surface area contributed by atoms with Gasteiger partial charge in [0.25, 0.3) is 0 Å². The number of halogens is 1. The molecule has 2 heterocycles. The van der Waals surface area contributed by atoms with Gasteiger partial charge < -0.3 is 15.5 Å². The van der Waals surface area contributed by atoms with Gasteiger partial charge in [-0.25, -0.2) is 0 Å². The highest BCUT2D eigenvalue weighted by molar-refractivity contribution is 7.16. The van der Waals surface area contributed by atoms with Crippen molar-refractivity contribution in [1.29, 1.82) is 0 Å². The average molecular weight is 349 g/mol. The molecule has 0 radical (unpaired) electrons. The summed E-state index contributed by atoms with van der Waals surface area (Å²) < 4.78 is 0.819. The van der Waals surface area contributed by atoms with Crippen molar-refractivity contribution in [2.75, 3.05) is 25.0 Å². The summed E-state index contributed by atoms with van der Waals surface area (Å²) in [5.74, 6) is 0.842. The Morgan fingerprint density at radius 1 is 1.30 bits per heavy atom. The van der Waals surface area contributed by atoms with Crippen LogP contribution in [0.15, 0.2) is 47.5 Å². The monoisotopic (exact) mass is 348 g/mol. The number of nitrogens with zero attached hydrogens (tertiary/aromatic N) is 2. The molecule has 2 aromatic rings. The first-order valence-corrected chi connectivity index (χ1v) is 8.95. The fourth-order valence-electron chi connectivity index (χ4n) is 2.76. The third kappa shape index (κ3) is 4.39. The summed E-state index contributed by atoms with van der Waals surface area (Å²) in [6.45, 7) is 2.81. The van der Waals surface area contributed by atoms with Gasteiger partial charge in [-0.15, -0.1) is 11.3 Å². The SMILES string of the molecule is CN=C(NCc1ccc(Cl)s1)NC1CCN(c2ccccc2)C1. The third-order valence-electron chi connectivity index (χ3n) is 3.93. The van der Waals surface area contributed by atoms with Crippen LogP contribution >= 0.6 is 22.9 Å². The molecule has 0 bridgehead atoms. The van der Waals surface area contributed by atoms with E-state index in [1.54, 1.807) is 18.4 Å². The van der Waals surface area contributed by atoms with E-state index in [4.69, 9.17) is 11.6 Å². The second-order valence-corrected chi connectivity index (χ2v) is 7.34. The number of aliphatic imine (C=N–C) groups is 1. The first-order chi connectivity index (χ1) is 11.2. The van der Waals surface area contributed by atoms with Gasteiger partial charge >= 0.3 is 0 Å². The summed E-state index contributed by atoms with van der Waals surface area (Å²) >= 11 is 7.55. The van der Waals surface area contributed by atoms with E-state index < -0.39 is 0 Å². The molecule has 1 atom stereocenters. The smallest absolute Gasteiger partial charge is 0.191 e. The summed E-state index contributed by atoms with van der Waals surface area (Å²) in [6.07, 6.45) is 1.11. The van der Waals surface area contributed by atoms with Crippen LogP contribution in [-0.2, 0) is 6.54 Å². The maximum atomic E-state index is 5.96. The van der Waals surface area contributed by atoms with Gasteiger partial charge in [0.2, 0.25) is 0 Å². The minimum absolute atomic E-state index is 0.410. The zero-order chi connectivity index (χ0) is 16.1. The highest BCUT2D eigenvalue weighted by Crippen LogP contribution is 2.21. The number of hydrogen-bond donors (Lipinski definition) is 2. The van der Waals surface area contributed by atoms with Crippen LogP contribution in [0.25, 0.3) is 0 Å². The van der Waals surface area contributed by atoms with E-state index in [1.165, 1.54) is 10.6 Å². The van der Waals surface area contributed by atoms with E-state index in [-0.39, 0.29) is 0 Å². The third-order valence-corrected chi connectivity index (χ3v) is 5.16. The molecule has 1 aromatic heterocycles. The fraction of sp³-hybridized carbons (Fsp3) is 0.353. The molecule has 1 saturated heterocycles. The van der Waals surface area contributed by atoms with Gasteiger partial charge in [-0.1, -0.05) is 29.8 Å². The zero-order valence-electron chi connectivity index (χ0n) is 13.1. The molecule has 1 aliphatic heterocycles. The van der Waals surface area contributed by atoms with Crippen LogP contribution in [0.1, 0.15) is 11.3 Å². The van der Waals surface area contributed by atoms with Crippen molar-refractivity contribution in [2.45, 2.75) is 19.0 Å². The first kappa shape index (κ1) is 16.1. The van der Waals surface area contributed by atoms with E-state index >= 15 is 0 Å². The van der Waals surface area contributed by atoms with Gasteiger partial charge in [-0.2, -0.15) is 0 Å². The lowest BCUT2D eigenvalue weighted by Crippen LogP contribution is -2.44. The zero-order valence-corrected chi connectivity index (χ0v) is 14.7. The fourth-order valence-corrected chi connectivity index (χ4v) is 3.78. The lowest BCUT2D eigenvalue weighted by atomic mass is 10.3. The standard InChI is InChI=1S/C17H21ClN4S/c1-19-17(20-11-15-7-8-16(18)23-15)21-13-9-10-22(12-13)14-5-3-2-4-6-14/h2-8,13H,9-12H2,1H3,(H2,19,20,21). The van der Waals surface area contributed by atoms with Crippen LogP contribution in [0.5, 0.6) is 0 Å². The highest BCUT2D eigenvalue weighted by atomic mass is 35.5. The Balaban J connectivity index is 1.50. The van der Waals surface area contributed by atoms with Crippen molar-refractivity contribution in [2.24, 2.45) is 4.99 Å². The molecule has 0 amide bonds. The number of rotatable bonds is 4. The van der Waals surface area contributed by atoms with E-state index in [2.05, 4.69) is 50.9 Å². The van der Waals surface area contributed by atoms with Crippen molar-refractivity contribution in [3.8, 4) is 0 Å². The van der Waals surface area contributed by atoms with E-state index in [0.29, 0.717) is 6.04 Å². The molecule has 0 saturated carbocycles. The maximum Gasteiger partial charge on any atom is 0.191 e. The number of anilines is 1. The molecular formula is C17H21ClN4S. The summed E-state index contributed by atoms with van der Waals surface area (Å²) in [7, 11) is 1.81. The normalized spacial score (nSPS) is 18.3. The van der Waals surface area contributed by atoms with Gasteiger partial charge in [0.1, 0.15) is 0 Å². The van der Waals surface area contributed by atoms with Gasteiger partial charge in [-0.05, 0) is 30.7 Å². The van der Waals surface area contributed by atoms with E-state index in [9.17, 15) is 0 Å². The van der Waals surface area contributed by atoms with Crippen molar-refractivity contribution in [3.05, 3.63) is 51.7 Å². The van der Waals surface area contributed by atoms with Gasteiger partial charge in [-0.3, -0.25) is 4.99 Å². The van der Waals surface area contributed by atoms with Crippen LogP contribution < -0.4 is 15.5 Å². The molecule has 3 rings (SSSR count). The number of hydrogen-bond acceptors (Lipinski definition) is 3. The topological polar surface area (TPSA) is 39.7 Å². The van der Waals surface area contributed by atoms with Crippen LogP contribution in [0, 0.1) is 0 Å². The molecule has 2 N–H and O–H groups in total. The summed E-state index contributed by atoms with van der Waals surface area (Å²) in [5.41, 5.74) is 1.29. The molecule has 1 aromatic carbocycles. The molecule has 1 unspecified atom stereocenters. The molecule has 23 heavy (non-hydrogen) atoms.